The highest BCUT2D eigenvalue weighted by atomic mass is 16.1. The zero-order chi connectivity index (χ0) is 13.7. The van der Waals surface area contributed by atoms with Gasteiger partial charge >= 0.3 is 0 Å². The Morgan fingerprint density at radius 3 is 3.00 bits per heavy atom. The lowest BCUT2D eigenvalue weighted by molar-refractivity contribution is -0.121. The third kappa shape index (κ3) is 3.80. The van der Waals surface area contributed by atoms with Gasteiger partial charge in [0.05, 0.1) is 0 Å². The molecule has 0 bridgehead atoms. The van der Waals surface area contributed by atoms with E-state index in [-0.39, 0.29) is 5.91 Å². The topological polar surface area (TPSA) is 41.1 Å². The molecule has 0 saturated carbocycles. The number of hydrogen-bond donors (Lipinski definition) is 2. The number of benzene rings is 1. The molecule has 1 aliphatic carbocycles. The van der Waals surface area contributed by atoms with Crippen LogP contribution in [0.1, 0.15) is 48.9 Å². The molecule has 1 aliphatic rings. The maximum absolute atomic E-state index is 11.5. The Balaban J connectivity index is 1.80. The van der Waals surface area contributed by atoms with E-state index in [4.69, 9.17) is 0 Å². The maximum Gasteiger partial charge on any atom is 0.221 e. The van der Waals surface area contributed by atoms with E-state index in [0.717, 1.165) is 32.4 Å². The lowest BCUT2D eigenvalue weighted by atomic mass is 10.1. The van der Waals surface area contributed by atoms with Gasteiger partial charge in [-0.25, -0.2) is 0 Å². The van der Waals surface area contributed by atoms with Crippen LogP contribution in [0.4, 0.5) is 0 Å². The summed E-state index contributed by atoms with van der Waals surface area (Å²) in [5, 5.41) is 6.42. The molecule has 1 amide bonds. The molecule has 0 saturated heterocycles. The number of rotatable bonds is 6. The van der Waals surface area contributed by atoms with Crippen LogP contribution in [-0.2, 0) is 11.2 Å². The van der Waals surface area contributed by atoms with Crippen molar-refractivity contribution in [3.63, 3.8) is 0 Å². The second kappa shape index (κ2) is 6.71. The van der Waals surface area contributed by atoms with Gasteiger partial charge in [-0.1, -0.05) is 30.7 Å². The van der Waals surface area contributed by atoms with Crippen LogP contribution in [0, 0.1) is 6.92 Å². The van der Waals surface area contributed by atoms with Crippen molar-refractivity contribution in [1.82, 2.24) is 10.6 Å². The number of nitrogens with one attached hydrogen (secondary N) is 2. The van der Waals surface area contributed by atoms with E-state index >= 15 is 0 Å². The lowest BCUT2D eigenvalue weighted by Gasteiger charge is -2.14. The molecule has 3 nitrogen and oxygen atoms in total. The van der Waals surface area contributed by atoms with Crippen LogP contribution < -0.4 is 10.6 Å². The summed E-state index contributed by atoms with van der Waals surface area (Å²) in [7, 11) is 0. The molecule has 0 aromatic heterocycles. The summed E-state index contributed by atoms with van der Waals surface area (Å²) in [5.74, 6) is 0.150. The summed E-state index contributed by atoms with van der Waals surface area (Å²) in [6.45, 7) is 5.74. The van der Waals surface area contributed by atoms with E-state index in [0.29, 0.717) is 12.5 Å². The molecule has 1 aromatic carbocycles. The van der Waals surface area contributed by atoms with Crippen molar-refractivity contribution in [2.45, 2.75) is 45.6 Å². The maximum atomic E-state index is 11.5. The van der Waals surface area contributed by atoms with Crippen LogP contribution in [-0.4, -0.2) is 19.0 Å². The van der Waals surface area contributed by atoms with E-state index in [1.165, 1.54) is 16.7 Å². The van der Waals surface area contributed by atoms with Crippen molar-refractivity contribution in [1.29, 1.82) is 0 Å². The molecule has 0 fully saturated rings. The molecule has 0 heterocycles. The predicted molar refractivity (Wildman–Crippen MR) is 78.2 cm³/mol. The van der Waals surface area contributed by atoms with Gasteiger partial charge in [0.15, 0.2) is 0 Å². The average molecular weight is 260 g/mol. The van der Waals surface area contributed by atoms with Crippen molar-refractivity contribution in [2.75, 3.05) is 13.1 Å². The molecular formula is C16H24N2O. The predicted octanol–water partition coefficient (Wildman–Crippen LogP) is 2.49. The number of carbonyl (C=O) groups is 1. The Labute approximate surface area is 115 Å². The molecule has 2 rings (SSSR count). The summed E-state index contributed by atoms with van der Waals surface area (Å²) in [6.07, 6.45) is 3.86. The fourth-order valence-corrected chi connectivity index (χ4v) is 2.65. The SMILES string of the molecule is CCCNC(=O)CCNC1CCc2ccc(C)cc21. The largest absolute Gasteiger partial charge is 0.356 e. The van der Waals surface area contributed by atoms with E-state index in [2.05, 4.69) is 42.7 Å². The van der Waals surface area contributed by atoms with Crippen LogP contribution in [0.15, 0.2) is 18.2 Å². The van der Waals surface area contributed by atoms with Gasteiger partial charge in [0.2, 0.25) is 5.91 Å². The van der Waals surface area contributed by atoms with Gasteiger partial charge in [0.25, 0.3) is 0 Å². The molecule has 0 aliphatic heterocycles. The molecule has 0 spiro atoms. The van der Waals surface area contributed by atoms with Crippen LogP contribution in [0.3, 0.4) is 0 Å². The van der Waals surface area contributed by atoms with Gasteiger partial charge in [-0.3, -0.25) is 4.79 Å². The number of carbonyl (C=O) groups excluding carboxylic acids is 1. The summed E-state index contributed by atoms with van der Waals surface area (Å²) >= 11 is 0. The monoisotopic (exact) mass is 260 g/mol. The Morgan fingerprint density at radius 2 is 2.21 bits per heavy atom. The highest BCUT2D eigenvalue weighted by Gasteiger charge is 2.21. The summed E-state index contributed by atoms with van der Waals surface area (Å²) in [5.41, 5.74) is 4.20. The summed E-state index contributed by atoms with van der Waals surface area (Å²) in [4.78, 5) is 11.5. The third-order valence-electron chi connectivity index (χ3n) is 3.69. The molecule has 1 atom stereocenters. The number of aryl methyl sites for hydroxylation is 2. The molecule has 3 heteroatoms. The third-order valence-corrected chi connectivity index (χ3v) is 3.69. The van der Waals surface area contributed by atoms with Gasteiger partial charge in [0.1, 0.15) is 0 Å². The minimum absolute atomic E-state index is 0.150. The average Bonchev–Trinajstić information content (AvgIpc) is 2.79. The first-order valence-corrected chi connectivity index (χ1v) is 7.30. The summed E-state index contributed by atoms with van der Waals surface area (Å²) < 4.78 is 0. The normalized spacial score (nSPS) is 17.3. The Kier molecular flexibility index (Phi) is 4.97. The first kappa shape index (κ1) is 14.1. The first-order chi connectivity index (χ1) is 9.20. The second-order valence-electron chi connectivity index (χ2n) is 5.35. The van der Waals surface area contributed by atoms with Gasteiger partial charge in [-0.15, -0.1) is 0 Å². The van der Waals surface area contributed by atoms with E-state index < -0.39 is 0 Å². The van der Waals surface area contributed by atoms with Gasteiger partial charge in [0, 0.05) is 25.6 Å². The fourth-order valence-electron chi connectivity index (χ4n) is 2.65. The standard InChI is InChI=1S/C16H24N2O/c1-3-9-18-16(19)8-10-17-15-7-6-13-5-4-12(2)11-14(13)15/h4-5,11,15,17H,3,6-10H2,1-2H3,(H,18,19). The highest BCUT2D eigenvalue weighted by Crippen LogP contribution is 2.31. The smallest absolute Gasteiger partial charge is 0.221 e. The molecule has 0 radical (unpaired) electrons. The first-order valence-electron chi connectivity index (χ1n) is 7.30. The minimum Gasteiger partial charge on any atom is -0.356 e. The molecule has 19 heavy (non-hydrogen) atoms. The zero-order valence-corrected chi connectivity index (χ0v) is 12.0. The van der Waals surface area contributed by atoms with Crippen molar-refractivity contribution < 1.29 is 4.79 Å². The molecule has 104 valence electrons. The van der Waals surface area contributed by atoms with Gasteiger partial charge in [-0.05, 0) is 37.3 Å². The Hall–Kier alpha value is -1.35. The molecular weight excluding hydrogens is 236 g/mol. The van der Waals surface area contributed by atoms with Crippen LogP contribution in [0.5, 0.6) is 0 Å². The van der Waals surface area contributed by atoms with Crippen molar-refractivity contribution in [3.8, 4) is 0 Å². The highest BCUT2D eigenvalue weighted by molar-refractivity contribution is 5.76. The summed E-state index contributed by atoms with van der Waals surface area (Å²) in [6, 6.07) is 7.12. The van der Waals surface area contributed by atoms with Crippen LogP contribution >= 0.6 is 0 Å². The van der Waals surface area contributed by atoms with Gasteiger partial charge in [-0.2, -0.15) is 0 Å². The lowest BCUT2D eigenvalue weighted by Crippen LogP contribution is -2.29. The Morgan fingerprint density at radius 1 is 1.37 bits per heavy atom. The van der Waals surface area contributed by atoms with Crippen LogP contribution in [0.2, 0.25) is 0 Å². The molecule has 1 aromatic rings. The van der Waals surface area contributed by atoms with Gasteiger partial charge < -0.3 is 10.6 Å². The minimum atomic E-state index is 0.150. The van der Waals surface area contributed by atoms with Crippen molar-refractivity contribution in [3.05, 3.63) is 34.9 Å². The Bertz CT molecular complexity index is 442. The van der Waals surface area contributed by atoms with Crippen LogP contribution in [0.25, 0.3) is 0 Å². The number of fused-ring (bicyclic) bond motifs is 1. The van der Waals surface area contributed by atoms with E-state index in [1.807, 2.05) is 0 Å². The zero-order valence-electron chi connectivity index (χ0n) is 12.0. The molecule has 2 N–H and O–H groups in total. The van der Waals surface area contributed by atoms with Crippen molar-refractivity contribution in [2.24, 2.45) is 0 Å². The quantitative estimate of drug-likeness (QED) is 0.825. The molecule has 1 unspecified atom stereocenters. The second-order valence-corrected chi connectivity index (χ2v) is 5.35. The number of hydrogen-bond acceptors (Lipinski definition) is 2. The number of amides is 1. The fraction of sp³-hybridized carbons (Fsp3) is 0.562. The van der Waals surface area contributed by atoms with Crippen molar-refractivity contribution >= 4 is 5.91 Å². The van der Waals surface area contributed by atoms with E-state index in [9.17, 15) is 4.79 Å². The van der Waals surface area contributed by atoms with E-state index in [1.54, 1.807) is 0 Å².